The molecule has 0 aliphatic carbocycles. The van der Waals surface area contributed by atoms with E-state index in [9.17, 15) is 8.60 Å². The van der Waals surface area contributed by atoms with E-state index in [-0.39, 0.29) is 12.4 Å². The van der Waals surface area contributed by atoms with Crippen LogP contribution in [0, 0.1) is 11.7 Å². The Hall–Kier alpha value is -0.740. The number of nitrogens with two attached hydrogens (primary N) is 1. The Morgan fingerprint density at radius 1 is 1.41 bits per heavy atom. The van der Waals surface area contributed by atoms with E-state index < -0.39 is 10.8 Å². The molecule has 0 aliphatic rings. The van der Waals surface area contributed by atoms with Gasteiger partial charge in [-0.15, -0.1) is 0 Å². The summed E-state index contributed by atoms with van der Waals surface area (Å²) in [6.07, 6.45) is 0.956. The van der Waals surface area contributed by atoms with Gasteiger partial charge in [0.2, 0.25) is 0 Å². The summed E-state index contributed by atoms with van der Waals surface area (Å²) < 4.78 is 25.0. The molecule has 2 nitrogen and oxygen atoms in total. The minimum absolute atomic E-state index is 0.179. The van der Waals surface area contributed by atoms with Gasteiger partial charge < -0.3 is 5.73 Å². The molecule has 0 aromatic heterocycles. The highest BCUT2D eigenvalue weighted by Crippen LogP contribution is 2.12. The maximum absolute atomic E-state index is 13.2. The normalized spacial score (nSPS) is 13.0. The van der Waals surface area contributed by atoms with Crippen LogP contribution in [0.5, 0.6) is 0 Å². The molecule has 0 fully saturated rings. The summed E-state index contributed by atoms with van der Waals surface area (Å²) in [5, 5.41) is 0. The second kappa shape index (κ2) is 6.87. The van der Waals surface area contributed by atoms with E-state index in [1.165, 1.54) is 6.07 Å². The SMILES string of the molecule is CC(C)CCS(=O)Cc1ccc(F)c(CN)c1. The number of benzene rings is 1. The molecule has 0 spiro atoms. The van der Waals surface area contributed by atoms with Gasteiger partial charge in [-0.25, -0.2) is 4.39 Å². The summed E-state index contributed by atoms with van der Waals surface area (Å²) in [6.45, 7) is 4.40. The Labute approximate surface area is 105 Å². The summed E-state index contributed by atoms with van der Waals surface area (Å²) in [7, 11) is -0.872. The molecule has 1 rings (SSSR count). The zero-order valence-corrected chi connectivity index (χ0v) is 11.2. The molecule has 0 bridgehead atoms. The van der Waals surface area contributed by atoms with Crippen LogP contribution in [-0.2, 0) is 23.1 Å². The van der Waals surface area contributed by atoms with E-state index in [2.05, 4.69) is 13.8 Å². The molecular weight excluding hydrogens is 237 g/mol. The molecule has 0 saturated heterocycles. The number of halogens is 1. The molecule has 0 aliphatic heterocycles. The topological polar surface area (TPSA) is 43.1 Å². The van der Waals surface area contributed by atoms with Gasteiger partial charge in [-0.3, -0.25) is 4.21 Å². The van der Waals surface area contributed by atoms with Crippen LogP contribution in [0.4, 0.5) is 4.39 Å². The van der Waals surface area contributed by atoms with Crippen molar-refractivity contribution in [3.8, 4) is 0 Å². The molecule has 1 atom stereocenters. The third-order valence-corrected chi connectivity index (χ3v) is 3.93. The summed E-state index contributed by atoms with van der Waals surface area (Å²) in [5.41, 5.74) is 6.82. The monoisotopic (exact) mass is 257 g/mol. The first-order valence-corrected chi connectivity index (χ1v) is 7.34. The maximum atomic E-state index is 13.2. The van der Waals surface area contributed by atoms with Crippen molar-refractivity contribution in [2.45, 2.75) is 32.6 Å². The molecule has 2 N–H and O–H groups in total. The number of hydrogen-bond donors (Lipinski definition) is 1. The lowest BCUT2D eigenvalue weighted by Gasteiger charge is -2.07. The highest BCUT2D eigenvalue weighted by Gasteiger charge is 2.06. The summed E-state index contributed by atoms with van der Waals surface area (Å²) >= 11 is 0. The summed E-state index contributed by atoms with van der Waals surface area (Å²) in [4.78, 5) is 0. The first-order valence-electron chi connectivity index (χ1n) is 5.85. The lowest BCUT2D eigenvalue weighted by atomic mass is 10.1. The van der Waals surface area contributed by atoms with Crippen molar-refractivity contribution in [2.75, 3.05) is 5.75 Å². The van der Waals surface area contributed by atoms with Gasteiger partial charge in [-0.1, -0.05) is 26.0 Å². The molecule has 1 aromatic carbocycles. The predicted octanol–water partition coefficient (Wildman–Crippen LogP) is 2.58. The van der Waals surface area contributed by atoms with Crippen molar-refractivity contribution in [3.63, 3.8) is 0 Å². The smallest absolute Gasteiger partial charge is 0.127 e. The lowest BCUT2D eigenvalue weighted by Crippen LogP contribution is -2.06. The molecule has 4 heteroatoms. The summed E-state index contributed by atoms with van der Waals surface area (Å²) in [5.74, 6) is 1.46. The Balaban J connectivity index is 2.59. The van der Waals surface area contributed by atoms with Crippen LogP contribution in [0.15, 0.2) is 18.2 Å². The van der Waals surface area contributed by atoms with Crippen LogP contribution in [0.3, 0.4) is 0 Å². The fourth-order valence-corrected chi connectivity index (χ4v) is 2.93. The molecule has 0 heterocycles. The van der Waals surface area contributed by atoms with Gasteiger partial charge in [0.15, 0.2) is 0 Å². The minimum Gasteiger partial charge on any atom is -0.326 e. The van der Waals surface area contributed by atoms with Crippen molar-refractivity contribution in [1.29, 1.82) is 0 Å². The fourth-order valence-electron chi connectivity index (χ4n) is 1.50. The van der Waals surface area contributed by atoms with Crippen LogP contribution >= 0.6 is 0 Å². The third-order valence-electron chi connectivity index (χ3n) is 2.58. The highest BCUT2D eigenvalue weighted by atomic mass is 32.2. The third kappa shape index (κ3) is 4.96. The fraction of sp³-hybridized carbons (Fsp3) is 0.538. The molecule has 0 amide bonds. The van der Waals surface area contributed by atoms with Gasteiger partial charge >= 0.3 is 0 Å². The zero-order valence-electron chi connectivity index (χ0n) is 10.4. The Kier molecular flexibility index (Phi) is 5.78. The Morgan fingerprint density at radius 2 is 2.12 bits per heavy atom. The standard InChI is InChI=1S/C13H20FNOS/c1-10(2)5-6-17(16)9-11-3-4-13(14)12(7-11)8-15/h3-4,7,10H,5-6,8-9,15H2,1-2H3. The van der Waals surface area contributed by atoms with Gasteiger partial charge in [0.25, 0.3) is 0 Å². The van der Waals surface area contributed by atoms with Gasteiger partial charge in [-0.2, -0.15) is 0 Å². The van der Waals surface area contributed by atoms with E-state index in [4.69, 9.17) is 5.73 Å². The van der Waals surface area contributed by atoms with Gasteiger partial charge in [0.1, 0.15) is 5.82 Å². The molecule has 0 radical (unpaired) electrons. The molecule has 1 aromatic rings. The zero-order chi connectivity index (χ0) is 12.8. The van der Waals surface area contributed by atoms with Gasteiger partial charge in [-0.05, 0) is 24.0 Å². The van der Waals surface area contributed by atoms with E-state index in [0.29, 0.717) is 23.0 Å². The minimum atomic E-state index is -0.872. The summed E-state index contributed by atoms with van der Waals surface area (Å²) in [6, 6.07) is 4.79. The maximum Gasteiger partial charge on any atom is 0.127 e. The first-order chi connectivity index (χ1) is 8.02. The van der Waals surface area contributed by atoms with E-state index >= 15 is 0 Å². The van der Waals surface area contributed by atoms with E-state index in [0.717, 1.165) is 12.0 Å². The van der Waals surface area contributed by atoms with Crippen molar-refractivity contribution in [3.05, 3.63) is 35.1 Å². The number of hydrogen-bond acceptors (Lipinski definition) is 2. The Morgan fingerprint density at radius 3 is 2.71 bits per heavy atom. The van der Waals surface area contributed by atoms with E-state index in [1.54, 1.807) is 12.1 Å². The van der Waals surface area contributed by atoms with E-state index in [1.807, 2.05) is 0 Å². The largest absolute Gasteiger partial charge is 0.326 e. The van der Waals surface area contributed by atoms with Crippen molar-refractivity contribution < 1.29 is 8.60 Å². The highest BCUT2D eigenvalue weighted by molar-refractivity contribution is 7.84. The first kappa shape index (κ1) is 14.3. The second-order valence-electron chi connectivity index (χ2n) is 4.60. The predicted molar refractivity (Wildman–Crippen MR) is 70.5 cm³/mol. The van der Waals surface area contributed by atoms with Gasteiger partial charge in [0, 0.05) is 34.4 Å². The van der Waals surface area contributed by atoms with Crippen LogP contribution in [-0.4, -0.2) is 9.96 Å². The molecule has 0 saturated carbocycles. The molecule has 17 heavy (non-hydrogen) atoms. The average Bonchev–Trinajstić information content (AvgIpc) is 2.29. The van der Waals surface area contributed by atoms with Crippen LogP contribution in [0.2, 0.25) is 0 Å². The van der Waals surface area contributed by atoms with Crippen molar-refractivity contribution in [2.24, 2.45) is 11.7 Å². The van der Waals surface area contributed by atoms with Crippen LogP contribution in [0.1, 0.15) is 31.4 Å². The van der Waals surface area contributed by atoms with Crippen LogP contribution in [0.25, 0.3) is 0 Å². The van der Waals surface area contributed by atoms with Crippen molar-refractivity contribution in [1.82, 2.24) is 0 Å². The molecule has 1 unspecified atom stereocenters. The molecule has 96 valence electrons. The van der Waals surface area contributed by atoms with Crippen LogP contribution < -0.4 is 5.73 Å². The van der Waals surface area contributed by atoms with Gasteiger partial charge in [0.05, 0.1) is 0 Å². The number of rotatable bonds is 6. The average molecular weight is 257 g/mol. The lowest BCUT2D eigenvalue weighted by molar-refractivity contribution is 0.609. The molecular formula is C13H20FNOS. The second-order valence-corrected chi connectivity index (χ2v) is 6.18. The Bertz CT molecular complexity index is 393. The van der Waals surface area contributed by atoms with Crippen molar-refractivity contribution >= 4 is 10.8 Å². The quantitative estimate of drug-likeness (QED) is 0.851.